The van der Waals surface area contributed by atoms with Crippen LogP contribution in [0.2, 0.25) is 0 Å². The van der Waals surface area contributed by atoms with Crippen molar-refractivity contribution in [3.63, 3.8) is 0 Å². The Morgan fingerprint density at radius 1 is 1.45 bits per heavy atom. The fraction of sp³-hybridized carbons (Fsp3) is 0.615. The third-order valence-electron chi connectivity index (χ3n) is 3.78. The van der Waals surface area contributed by atoms with Crippen LogP contribution in [-0.4, -0.2) is 32.3 Å². The van der Waals surface area contributed by atoms with E-state index in [2.05, 4.69) is 10.4 Å². The minimum Gasteiger partial charge on any atom is -0.479 e. The molecule has 7 heteroatoms. The van der Waals surface area contributed by atoms with Crippen LogP contribution in [-0.2, 0) is 16.6 Å². The fourth-order valence-electron chi connectivity index (χ4n) is 2.56. The van der Waals surface area contributed by atoms with E-state index in [-0.39, 0.29) is 0 Å². The van der Waals surface area contributed by atoms with Crippen LogP contribution in [0.15, 0.2) is 12.4 Å². The van der Waals surface area contributed by atoms with Crippen molar-refractivity contribution in [2.24, 2.45) is 12.8 Å². The number of carboxylic acid groups (broad SMARTS) is 1. The van der Waals surface area contributed by atoms with E-state index in [0.29, 0.717) is 18.4 Å². The maximum absolute atomic E-state index is 12.3. The van der Waals surface area contributed by atoms with E-state index < -0.39 is 23.5 Å². The average Bonchev–Trinajstić information content (AvgIpc) is 2.82. The standard InChI is InChI=1S/C13H20N4O3/c1-17-8-9(7-15-17)10(11(18)19)16-12(20)13(14)5-3-2-4-6-13/h7-8,10H,2-6,14H2,1H3,(H,16,20)(H,18,19). The number of carbonyl (C=O) groups is 2. The Bertz CT molecular complexity index is 505. The Morgan fingerprint density at radius 3 is 2.60 bits per heavy atom. The van der Waals surface area contributed by atoms with Crippen LogP contribution in [0.4, 0.5) is 0 Å². The molecule has 20 heavy (non-hydrogen) atoms. The molecule has 1 fully saturated rings. The van der Waals surface area contributed by atoms with E-state index >= 15 is 0 Å². The zero-order valence-electron chi connectivity index (χ0n) is 11.5. The number of nitrogens with two attached hydrogens (primary N) is 1. The maximum Gasteiger partial charge on any atom is 0.331 e. The van der Waals surface area contributed by atoms with Gasteiger partial charge in [0.15, 0.2) is 6.04 Å². The topological polar surface area (TPSA) is 110 Å². The number of aromatic nitrogens is 2. The molecule has 110 valence electrons. The summed E-state index contributed by atoms with van der Waals surface area (Å²) in [6.45, 7) is 0. The van der Waals surface area contributed by atoms with Crippen LogP contribution in [0.25, 0.3) is 0 Å². The van der Waals surface area contributed by atoms with Crippen molar-refractivity contribution in [2.45, 2.75) is 43.7 Å². The summed E-state index contributed by atoms with van der Waals surface area (Å²) in [7, 11) is 1.69. The summed E-state index contributed by atoms with van der Waals surface area (Å²) in [6, 6.07) is -1.11. The summed E-state index contributed by atoms with van der Waals surface area (Å²) in [5.74, 6) is -1.51. The van der Waals surface area contributed by atoms with Crippen LogP contribution < -0.4 is 11.1 Å². The highest BCUT2D eigenvalue weighted by Crippen LogP contribution is 2.27. The smallest absolute Gasteiger partial charge is 0.331 e. The van der Waals surface area contributed by atoms with Gasteiger partial charge in [0.2, 0.25) is 5.91 Å². The number of aliphatic carboxylic acids is 1. The first-order valence-electron chi connectivity index (χ1n) is 6.73. The molecule has 1 atom stereocenters. The molecule has 0 bridgehead atoms. The van der Waals surface area contributed by atoms with E-state index in [1.807, 2.05) is 0 Å². The average molecular weight is 280 g/mol. The number of aryl methyl sites for hydroxylation is 1. The first-order chi connectivity index (χ1) is 9.42. The normalized spacial score (nSPS) is 19.3. The minimum absolute atomic E-state index is 0.395. The fourth-order valence-corrected chi connectivity index (χ4v) is 2.56. The molecule has 0 aliphatic heterocycles. The van der Waals surface area contributed by atoms with Gasteiger partial charge in [0, 0.05) is 18.8 Å². The number of rotatable bonds is 4. The Morgan fingerprint density at radius 2 is 2.10 bits per heavy atom. The summed E-state index contributed by atoms with van der Waals surface area (Å²) in [5, 5.41) is 15.7. The molecule has 7 nitrogen and oxygen atoms in total. The molecule has 1 aromatic rings. The molecule has 0 spiro atoms. The largest absolute Gasteiger partial charge is 0.479 e. The van der Waals surface area contributed by atoms with Crippen LogP contribution in [0.1, 0.15) is 43.7 Å². The second-order valence-electron chi connectivity index (χ2n) is 5.41. The van der Waals surface area contributed by atoms with Crippen molar-refractivity contribution in [1.82, 2.24) is 15.1 Å². The lowest BCUT2D eigenvalue weighted by Gasteiger charge is -2.32. The minimum atomic E-state index is -1.12. The second kappa shape index (κ2) is 5.62. The van der Waals surface area contributed by atoms with Gasteiger partial charge < -0.3 is 16.2 Å². The van der Waals surface area contributed by atoms with Crippen molar-refractivity contribution in [3.8, 4) is 0 Å². The van der Waals surface area contributed by atoms with E-state index in [1.165, 1.54) is 10.9 Å². The van der Waals surface area contributed by atoms with Crippen LogP contribution in [0.3, 0.4) is 0 Å². The molecule has 0 aromatic carbocycles. The van der Waals surface area contributed by atoms with Gasteiger partial charge in [-0.15, -0.1) is 0 Å². The monoisotopic (exact) mass is 280 g/mol. The predicted octanol–water partition coefficient (Wildman–Crippen LogP) is 0.324. The third kappa shape index (κ3) is 2.98. The van der Waals surface area contributed by atoms with Crippen molar-refractivity contribution >= 4 is 11.9 Å². The van der Waals surface area contributed by atoms with Gasteiger partial charge >= 0.3 is 5.97 Å². The highest BCUT2D eigenvalue weighted by atomic mass is 16.4. The Balaban J connectivity index is 2.12. The summed E-state index contributed by atoms with van der Waals surface area (Å²) >= 11 is 0. The number of carboxylic acids is 1. The number of hydrogen-bond acceptors (Lipinski definition) is 4. The molecule has 1 aliphatic rings. The van der Waals surface area contributed by atoms with Gasteiger partial charge in [-0.1, -0.05) is 19.3 Å². The first kappa shape index (κ1) is 14.5. The van der Waals surface area contributed by atoms with Gasteiger partial charge in [-0.25, -0.2) is 4.79 Å². The number of hydrogen-bond donors (Lipinski definition) is 3. The molecular weight excluding hydrogens is 260 g/mol. The molecule has 0 radical (unpaired) electrons. The summed E-state index contributed by atoms with van der Waals surface area (Å²) in [5.41, 5.74) is 5.60. The van der Waals surface area contributed by atoms with Crippen molar-refractivity contribution in [3.05, 3.63) is 18.0 Å². The molecule has 1 aliphatic carbocycles. The van der Waals surface area contributed by atoms with E-state index in [9.17, 15) is 14.7 Å². The lowest BCUT2D eigenvalue weighted by Crippen LogP contribution is -2.56. The van der Waals surface area contributed by atoms with Gasteiger partial charge in [0.05, 0.1) is 11.7 Å². The van der Waals surface area contributed by atoms with E-state index in [1.54, 1.807) is 13.2 Å². The summed E-state index contributed by atoms with van der Waals surface area (Å²) in [4.78, 5) is 23.6. The highest BCUT2D eigenvalue weighted by Gasteiger charge is 2.37. The molecule has 4 N–H and O–H groups in total. The molecule has 1 amide bonds. The second-order valence-corrected chi connectivity index (χ2v) is 5.41. The van der Waals surface area contributed by atoms with Crippen molar-refractivity contribution in [1.29, 1.82) is 0 Å². The van der Waals surface area contributed by atoms with Gasteiger partial charge in [-0.2, -0.15) is 5.10 Å². The molecule has 1 heterocycles. The molecule has 2 rings (SSSR count). The first-order valence-corrected chi connectivity index (χ1v) is 6.73. The number of amides is 1. The molecule has 1 aromatic heterocycles. The molecular formula is C13H20N4O3. The predicted molar refractivity (Wildman–Crippen MR) is 71.7 cm³/mol. The molecule has 1 saturated carbocycles. The summed E-state index contributed by atoms with van der Waals surface area (Å²) < 4.78 is 1.50. The Labute approximate surface area is 117 Å². The molecule has 0 saturated heterocycles. The maximum atomic E-state index is 12.3. The van der Waals surface area contributed by atoms with Crippen LogP contribution in [0.5, 0.6) is 0 Å². The SMILES string of the molecule is Cn1cc(C(NC(=O)C2(N)CCCCC2)C(=O)O)cn1. The summed E-state index contributed by atoms with van der Waals surface area (Å²) in [6.07, 6.45) is 7.06. The lowest BCUT2D eigenvalue weighted by atomic mass is 9.81. The van der Waals surface area contributed by atoms with Crippen LogP contribution in [0, 0.1) is 0 Å². The van der Waals surface area contributed by atoms with Gasteiger partial charge in [0.1, 0.15) is 0 Å². The third-order valence-corrected chi connectivity index (χ3v) is 3.78. The quantitative estimate of drug-likeness (QED) is 0.736. The zero-order chi connectivity index (χ0) is 14.8. The number of nitrogens with zero attached hydrogens (tertiary/aromatic N) is 2. The van der Waals surface area contributed by atoms with Crippen molar-refractivity contribution in [2.75, 3.05) is 0 Å². The number of nitrogens with one attached hydrogen (secondary N) is 1. The van der Waals surface area contributed by atoms with Crippen molar-refractivity contribution < 1.29 is 14.7 Å². The Hall–Kier alpha value is -1.89. The molecule has 1 unspecified atom stereocenters. The van der Waals surface area contributed by atoms with Gasteiger partial charge in [-0.05, 0) is 12.8 Å². The van der Waals surface area contributed by atoms with Crippen LogP contribution >= 0.6 is 0 Å². The Kier molecular flexibility index (Phi) is 4.08. The lowest BCUT2D eigenvalue weighted by molar-refractivity contribution is -0.143. The number of carbonyl (C=O) groups excluding carboxylic acids is 1. The van der Waals surface area contributed by atoms with Gasteiger partial charge in [-0.3, -0.25) is 9.48 Å². The van der Waals surface area contributed by atoms with E-state index in [4.69, 9.17) is 5.73 Å². The highest BCUT2D eigenvalue weighted by molar-refractivity contribution is 5.90. The zero-order valence-corrected chi connectivity index (χ0v) is 11.5. The van der Waals surface area contributed by atoms with E-state index in [0.717, 1.165) is 19.3 Å². The van der Waals surface area contributed by atoms with Gasteiger partial charge in [0.25, 0.3) is 0 Å².